The van der Waals surface area contributed by atoms with Crippen LogP contribution in [0, 0.1) is 19.7 Å². The first-order valence-corrected chi connectivity index (χ1v) is 9.01. The van der Waals surface area contributed by atoms with Gasteiger partial charge in [-0.1, -0.05) is 48.0 Å². The lowest BCUT2D eigenvalue weighted by Gasteiger charge is -2.21. The number of aromatic nitrogens is 1. The lowest BCUT2D eigenvalue weighted by atomic mass is 10.0. The summed E-state index contributed by atoms with van der Waals surface area (Å²) < 4.78 is 18.6. The van der Waals surface area contributed by atoms with Gasteiger partial charge in [0.1, 0.15) is 11.5 Å². The molecule has 3 rings (SSSR count). The Hall–Kier alpha value is -2.95. The molecule has 0 aliphatic rings. The molecule has 1 heterocycles. The lowest BCUT2D eigenvalue weighted by Crippen LogP contribution is -2.29. The fraction of sp³-hybridized carbons (Fsp3) is 0.273. The standard InChI is InChI=1S/C22H23FN2O2/c1-4-22(26)25(13-17-6-8-18(23)9-7-17)14-19-12-21(27-24-19)20-10-5-15(2)11-16(20)3/h5-12H,4,13-14H2,1-3H3. The SMILES string of the molecule is CCC(=O)N(Cc1ccc(F)cc1)Cc1cc(-c2ccc(C)cc2C)on1. The summed E-state index contributed by atoms with van der Waals surface area (Å²) in [5.74, 6) is 0.408. The Morgan fingerprint density at radius 1 is 1.07 bits per heavy atom. The molecule has 140 valence electrons. The molecular weight excluding hydrogens is 343 g/mol. The molecule has 4 nitrogen and oxygen atoms in total. The molecule has 27 heavy (non-hydrogen) atoms. The quantitative estimate of drug-likeness (QED) is 0.614. The first-order chi connectivity index (χ1) is 13.0. The zero-order valence-corrected chi connectivity index (χ0v) is 15.8. The van der Waals surface area contributed by atoms with Crippen molar-refractivity contribution in [3.8, 4) is 11.3 Å². The normalized spacial score (nSPS) is 10.8. The lowest BCUT2D eigenvalue weighted by molar-refractivity contribution is -0.132. The molecule has 0 atom stereocenters. The fourth-order valence-electron chi connectivity index (χ4n) is 3.06. The zero-order chi connectivity index (χ0) is 19.4. The Morgan fingerprint density at radius 3 is 2.48 bits per heavy atom. The molecule has 0 unspecified atom stereocenters. The van der Waals surface area contributed by atoms with Gasteiger partial charge in [0.25, 0.3) is 0 Å². The second-order valence-corrected chi connectivity index (χ2v) is 6.73. The molecule has 0 fully saturated rings. The highest BCUT2D eigenvalue weighted by atomic mass is 19.1. The number of nitrogens with zero attached hydrogens (tertiary/aromatic N) is 2. The van der Waals surface area contributed by atoms with Crippen LogP contribution in [0.2, 0.25) is 0 Å². The van der Waals surface area contributed by atoms with Crippen LogP contribution in [-0.4, -0.2) is 16.0 Å². The summed E-state index contributed by atoms with van der Waals surface area (Å²) in [6, 6.07) is 14.2. The number of amides is 1. The number of carbonyl (C=O) groups excluding carboxylic acids is 1. The van der Waals surface area contributed by atoms with E-state index in [1.54, 1.807) is 17.0 Å². The molecule has 0 N–H and O–H groups in total. The molecular formula is C22H23FN2O2. The van der Waals surface area contributed by atoms with Crippen molar-refractivity contribution >= 4 is 5.91 Å². The summed E-state index contributed by atoms with van der Waals surface area (Å²) in [6.07, 6.45) is 0.392. The van der Waals surface area contributed by atoms with Crippen molar-refractivity contribution in [1.29, 1.82) is 0 Å². The molecule has 3 aromatic rings. The van der Waals surface area contributed by atoms with Gasteiger partial charge in [0, 0.05) is 24.6 Å². The Bertz CT molecular complexity index is 932. The maximum absolute atomic E-state index is 13.1. The van der Waals surface area contributed by atoms with Gasteiger partial charge in [-0.3, -0.25) is 4.79 Å². The minimum atomic E-state index is -0.290. The summed E-state index contributed by atoms with van der Waals surface area (Å²) in [4.78, 5) is 14.1. The highest BCUT2D eigenvalue weighted by Crippen LogP contribution is 2.25. The molecule has 5 heteroatoms. The van der Waals surface area contributed by atoms with Crippen LogP contribution in [0.3, 0.4) is 0 Å². The molecule has 0 spiro atoms. The van der Waals surface area contributed by atoms with E-state index in [9.17, 15) is 9.18 Å². The van der Waals surface area contributed by atoms with Crippen LogP contribution in [0.5, 0.6) is 0 Å². The Kier molecular flexibility index (Phi) is 5.69. The topological polar surface area (TPSA) is 46.3 Å². The van der Waals surface area contributed by atoms with E-state index in [1.807, 2.05) is 39.0 Å². The van der Waals surface area contributed by atoms with Gasteiger partial charge in [-0.05, 0) is 37.1 Å². The van der Waals surface area contributed by atoms with E-state index in [-0.39, 0.29) is 11.7 Å². The van der Waals surface area contributed by atoms with Crippen molar-refractivity contribution in [1.82, 2.24) is 10.1 Å². The molecule has 2 aromatic carbocycles. The summed E-state index contributed by atoms with van der Waals surface area (Å²) in [6.45, 7) is 6.65. The van der Waals surface area contributed by atoms with Crippen molar-refractivity contribution in [2.24, 2.45) is 0 Å². The first-order valence-electron chi connectivity index (χ1n) is 9.01. The second-order valence-electron chi connectivity index (χ2n) is 6.73. The Morgan fingerprint density at radius 2 is 1.81 bits per heavy atom. The van der Waals surface area contributed by atoms with E-state index in [2.05, 4.69) is 11.2 Å². The fourth-order valence-corrected chi connectivity index (χ4v) is 3.06. The van der Waals surface area contributed by atoms with Crippen molar-refractivity contribution < 1.29 is 13.7 Å². The first kappa shape index (κ1) is 18.8. The summed E-state index contributed by atoms with van der Waals surface area (Å²) in [5.41, 5.74) is 4.86. The van der Waals surface area contributed by atoms with Crippen molar-refractivity contribution in [3.05, 3.63) is 76.7 Å². The molecule has 1 amide bonds. The van der Waals surface area contributed by atoms with Gasteiger partial charge in [-0.25, -0.2) is 4.39 Å². The zero-order valence-electron chi connectivity index (χ0n) is 15.8. The van der Waals surface area contributed by atoms with E-state index in [0.29, 0.717) is 31.0 Å². The minimum Gasteiger partial charge on any atom is -0.356 e. The van der Waals surface area contributed by atoms with Gasteiger partial charge in [0.05, 0.1) is 6.54 Å². The van der Waals surface area contributed by atoms with Gasteiger partial charge < -0.3 is 9.42 Å². The van der Waals surface area contributed by atoms with E-state index in [4.69, 9.17) is 4.52 Å². The number of hydrogen-bond donors (Lipinski definition) is 0. The predicted octanol–water partition coefficient (Wildman–Crippen LogP) is 5.04. The molecule has 0 aliphatic heterocycles. The number of hydrogen-bond acceptors (Lipinski definition) is 3. The third-order valence-corrected chi connectivity index (χ3v) is 4.50. The van der Waals surface area contributed by atoms with E-state index < -0.39 is 0 Å². The van der Waals surface area contributed by atoms with Gasteiger partial charge in [-0.2, -0.15) is 0 Å². The highest BCUT2D eigenvalue weighted by Gasteiger charge is 2.16. The monoisotopic (exact) mass is 366 g/mol. The second kappa shape index (κ2) is 8.16. The van der Waals surface area contributed by atoms with E-state index >= 15 is 0 Å². The van der Waals surface area contributed by atoms with Gasteiger partial charge in [0.2, 0.25) is 5.91 Å². The van der Waals surface area contributed by atoms with Crippen LogP contribution >= 0.6 is 0 Å². The number of carbonyl (C=O) groups is 1. The highest BCUT2D eigenvalue weighted by molar-refractivity contribution is 5.75. The molecule has 0 saturated carbocycles. The summed E-state index contributed by atoms with van der Waals surface area (Å²) in [7, 11) is 0. The maximum Gasteiger partial charge on any atom is 0.222 e. The average Bonchev–Trinajstić information content (AvgIpc) is 3.10. The minimum absolute atomic E-state index is 0.00962. The van der Waals surface area contributed by atoms with Crippen molar-refractivity contribution in [2.45, 2.75) is 40.3 Å². The predicted molar refractivity (Wildman–Crippen MR) is 102 cm³/mol. The van der Waals surface area contributed by atoms with E-state index in [0.717, 1.165) is 16.7 Å². The van der Waals surface area contributed by atoms with Gasteiger partial charge in [0.15, 0.2) is 5.76 Å². The van der Waals surface area contributed by atoms with Crippen molar-refractivity contribution in [3.63, 3.8) is 0 Å². The van der Waals surface area contributed by atoms with Gasteiger partial charge >= 0.3 is 0 Å². The maximum atomic E-state index is 13.1. The van der Waals surface area contributed by atoms with E-state index in [1.165, 1.54) is 17.7 Å². The number of halogens is 1. The number of rotatable bonds is 6. The molecule has 0 radical (unpaired) electrons. The van der Waals surface area contributed by atoms with Crippen LogP contribution < -0.4 is 0 Å². The smallest absolute Gasteiger partial charge is 0.222 e. The number of benzene rings is 2. The van der Waals surface area contributed by atoms with Crippen LogP contribution in [0.15, 0.2) is 53.1 Å². The molecule has 1 aromatic heterocycles. The summed E-state index contributed by atoms with van der Waals surface area (Å²) in [5, 5.41) is 4.14. The Balaban J connectivity index is 1.79. The molecule has 0 aliphatic carbocycles. The third-order valence-electron chi connectivity index (χ3n) is 4.50. The van der Waals surface area contributed by atoms with Crippen LogP contribution in [-0.2, 0) is 17.9 Å². The van der Waals surface area contributed by atoms with Crippen LogP contribution in [0.25, 0.3) is 11.3 Å². The van der Waals surface area contributed by atoms with Crippen LogP contribution in [0.4, 0.5) is 4.39 Å². The Labute approximate surface area is 158 Å². The van der Waals surface area contributed by atoms with Gasteiger partial charge in [-0.15, -0.1) is 0 Å². The van der Waals surface area contributed by atoms with Crippen molar-refractivity contribution in [2.75, 3.05) is 0 Å². The average molecular weight is 366 g/mol. The number of aryl methyl sites for hydroxylation is 2. The van der Waals surface area contributed by atoms with Crippen LogP contribution in [0.1, 0.15) is 35.7 Å². The summed E-state index contributed by atoms with van der Waals surface area (Å²) >= 11 is 0. The largest absolute Gasteiger partial charge is 0.356 e. The molecule has 0 saturated heterocycles. The molecule has 0 bridgehead atoms. The third kappa shape index (κ3) is 4.61.